The van der Waals surface area contributed by atoms with E-state index in [1.807, 2.05) is 4.90 Å². The zero-order valence-corrected chi connectivity index (χ0v) is 14.3. The summed E-state index contributed by atoms with van der Waals surface area (Å²) in [6, 6.07) is 1.67. The van der Waals surface area contributed by atoms with Crippen molar-refractivity contribution < 1.29 is 4.79 Å². The van der Waals surface area contributed by atoms with Gasteiger partial charge in [-0.25, -0.2) is 4.68 Å². The van der Waals surface area contributed by atoms with E-state index < -0.39 is 0 Å². The van der Waals surface area contributed by atoms with Gasteiger partial charge in [0, 0.05) is 71.8 Å². The number of amides is 1. The van der Waals surface area contributed by atoms with Crippen LogP contribution in [0.4, 0.5) is 0 Å². The topological polar surface area (TPSA) is 70.5 Å². The molecule has 7 nitrogen and oxygen atoms in total. The van der Waals surface area contributed by atoms with Gasteiger partial charge in [-0.2, -0.15) is 5.10 Å². The molecule has 0 unspecified atom stereocenters. The third kappa shape index (κ3) is 4.31. The van der Waals surface area contributed by atoms with Gasteiger partial charge in [0.2, 0.25) is 5.91 Å². The molecule has 128 valence electrons. The van der Waals surface area contributed by atoms with Crippen molar-refractivity contribution in [2.45, 2.75) is 19.4 Å². The molecule has 0 spiro atoms. The van der Waals surface area contributed by atoms with Crippen molar-refractivity contribution in [3.05, 3.63) is 27.7 Å². The molecule has 0 saturated carbocycles. The number of carbonyl (C=O) groups excluding carboxylic acids is 1. The molecule has 0 bridgehead atoms. The van der Waals surface area contributed by atoms with Crippen LogP contribution in [0.3, 0.4) is 0 Å². The number of rotatable bonds is 3. The van der Waals surface area contributed by atoms with Crippen LogP contribution in [-0.2, 0) is 24.8 Å². The van der Waals surface area contributed by atoms with E-state index in [1.54, 1.807) is 13.1 Å². The van der Waals surface area contributed by atoms with Crippen LogP contribution in [0.5, 0.6) is 0 Å². The number of nitrogens with one attached hydrogen (secondary N) is 1. The number of carbonyl (C=O) groups is 1. The maximum Gasteiger partial charge on any atom is 0.266 e. The highest BCUT2D eigenvalue weighted by Crippen LogP contribution is 2.15. The molecule has 1 amide bonds. The molecule has 1 aromatic rings. The highest BCUT2D eigenvalue weighted by Gasteiger charge is 2.21. The lowest BCUT2D eigenvalue weighted by Gasteiger charge is -2.30. The van der Waals surface area contributed by atoms with Gasteiger partial charge < -0.3 is 10.2 Å². The van der Waals surface area contributed by atoms with Gasteiger partial charge in [0.15, 0.2) is 0 Å². The first-order valence-corrected chi connectivity index (χ1v) is 7.90. The second-order valence-electron chi connectivity index (χ2n) is 5.99. The minimum absolute atomic E-state index is 0. The Kier molecular flexibility index (Phi) is 6.15. The van der Waals surface area contributed by atoms with Crippen LogP contribution in [-0.4, -0.2) is 64.8 Å². The molecule has 2 aliphatic heterocycles. The Morgan fingerprint density at radius 1 is 1.30 bits per heavy atom. The summed E-state index contributed by atoms with van der Waals surface area (Å²) in [5.74, 6) is 0.231. The Morgan fingerprint density at radius 3 is 2.78 bits per heavy atom. The van der Waals surface area contributed by atoms with Crippen molar-refractivity contribution in [1.82, 2.24) is 24.9 Å². The van der Waals surface area contributed by atoms with Gasteiger partial charge >= 0.3 is 0 Å². The maximum absolute atomic E-state index is 12.2. The second kappa shape index (κ2) is 7.90. The first kappa shape index (κ1) is 17.9. The molecular formula is C15H24ClN5O2. The maximum atomic E-state index is 12.2. The summed E-state index contributed by atoms with van der Waals surface area (Å²) in [5.41, 5.74) is 1.94. The van der Waals surface area contributed by atoms with E-state index in [0.717, 1.165) is 56.9 Å². The van der Waals surface area contributed by atoms with Crippen molar-refractivity contribution in [1.29, 1.82) is 0 Å². The molecule has 0 radical (unpaired) electrons. The van der Waals surface area contributed by atoms with Gasteiger partial charge in [0.25, 0.3) is 5.56 Å². The zero-order chi connectivity index (χ0) is 15.5. The average molecular weight is 342 g/mol. The SMILES string of the molecule is Cl.Cn1nc2c(cc1=O)CN(CCC(=O)N1CCNCC1)CC2. The summed E-state index contributed by atoms with van der Waals surface area (Å²) in [4.78, 5) is 28.1. The molecule has 3 rings (SSSR count). The molecule has 0 atom stereocenters. The fourth-order valence-corrected chi connectivity index (χ4v) is 3.07. The summed E-state index contributed by atoms with van der Waals surface area (Å²) in [6.45, 7) is 5.75. The van der Waals surface area contributed by atoms with E-state index in [9.17, 15) is 9.59 Å². The van der Waals surface area contributed by atoms with Gasteiger partial charge in [0.1, 0.15) is 0 Å². The Morgan fingerprint density at radius 2 is 2.04 bits per heavy atom. The van der Waals surface area contributed by atoms with Gasteiger partial charge in [-0.1, -0.05) is 0 Å². The molecular weight excluding hydrogens is 318 g/mol. The summed E-state index contributed by atoms with van der Waals surface area (Å²) in [5, 5.41) is 7.56. The van der Waals surface area contributed by atoms with Crippen LogP contribution in [0.1, 0.15) is 17.7 Å². The van der Waals surface area contributed by atoms with Gasteiger partial charge in [-0.15, -0.1) is 12.4 Å². The molecule has 2 aliphatic rings. The van der Waals surface area contributed by atoms with Crippen LogP contribution in [0.15, 0.2) is 10.9 Å². The highest BCUT2D eigenvalue weighted by atomic mass is 35.5. The number of aryl methyl sites for hydroxylation is 1. The normalized spacial score (nSPS) is 18.2. The third-order valence-electron chi connectivity index (χ3n) is 4.43. The van der Waals surface area contributed by atoms with Crippen LogP contribution >= 0.6 is 12.4 Å². The summed E-state index contributed by atoms with van der Waals surface area (Å²) in [6.07, 6.45) is 1.39. The van der Waals surface area contributed by atoms with Crippen LogP contribution in [0, 0.1) is 0 Å². The highest BCUT2D eigenvalue weighted by molar-refractivity contribution is 5.85. The predicted octanol–water partition coefficient (Wildman–Crippen LogP) is -0.618. The number of halogens is 1. The lowest BCUT2D eigenvalue weighted by atomic mass is 10.1. The van der Waals surface area contributed by atoms with Gasteiger partial charge in [-0.05, 0) is 5.56 Å². The van der Waals surface area contributed by atoms with E-state index in [2.05, 4.69) is 15.3 Å². The smallest absolute Gasteiger partial charge is 0.266 e. The quantitative estimate of drug-likeness (QED) is 0.793. The van der Waals surface area contributed by atoms with Gasteiger partial charge in [-0.3, -0.25) is 14.5 Å². The fraction of sp³-hybridized carbons (Fsp3) is 0.667. The molecule has 1 saturated heterocycles. The Labute approximate surface area is 142 Å². The van der Waals surface area contributed by atoms with E-state index in [0.29, 0.717) is 13.0 Å². The first-order valence-electron chi connectivity index (χ1n) is 7.90. The molecule has 0 aromatic carbocycles. The van der Waals surface area contributed by atoms with Crippen LogP contribution < -0.4 is 10.9 Å². The zero-order valence-electron chi connectivity index (χ0n) is 13.5. The number of aromatic nitrogens is 2. The van der Waals surface area contributed by atoms with E-state index in [-0.39, 0.29) is 23.9 Å². The van der Waals surface area contributed by atoms with Crippen molar-refractivity contribution >= 4 is 18.3 Å². The summed E-state index contributed by atoms with van der Waals surface area (Å²) in [7, 11) is 1.68. The molecule has 0 aliphatic carbocycles. The third-order valence-corrected chi connectivity index (χ3v) is 4.43. The molecule has 1 aromatic heterocycles. The minimum Gasteiger partial charge on any atom is -0.340 e. The number of piperazine rings is 1. The molecule has 1 fully saturated rings. The molecule has 23 heavy (non-hydrogen) atoms. The Balaban J connectivity index is 0.00000192. The number of hydrogen-bond acceptors (Lipinski definition) is 5. The van der Waals surface area contributed by atoms with E-state index >= 15 is 0 Å². The van der Waals surface area contributed by atoms with Crippen molar-refractivity contribution in [3.8, 4) is 0 Å². The standard InChI is InChI=1S/C15H23N5O2.ClH/c1-18-15(22)10-12-11-19(6-2-13(12)17-18)7-3-14(21)20-8-4-16-5-9-20;/h10,16H,2-9,11H2,1H3;1H. The lowest BCUT2D eigenvalue weighted by molar-refractivity contribution is -0.132. The van der Waals surface area contributed by atoms with Crippen molar-refractivity contribution in [2.75, 3.05) is 39.3 Å². The van der Waals surface area contributed by atoms with Crippen LogP contribution in [0.25, 0.3) is 0 Å². The summed E-state index contributed by atoms with van der Waals surface area (Å²) < 4.78 is 1.39. The largest absolute Gasteiger partial charge is 0.340 e. The Bertz CT molecular complexity index is 612. The monoisotopic (exact) mass is 341 g/mol. The molecule has 1 N–H and O–H groups in total. The van der Waals surface area contributed by atoms with E-state index in [4.69, 9.17) is 0 Å². The van der Waals surface area contributed by atoms with Crippen LogP contribution in [0.2, 0.25) is 0 Å². The minimum atomic E-state index is -0.0718. The number of hydrogen-bond donors (Lipinski definition) is 1. The van der Waals surface area contributed by atoms with Crippen molar-refractivity contribution in [2.24, 2.45) is 7.05 Å². The molecule has 3 heterocycles. The van der Waals surface area contributed by atoms with E-state index in [1.165, 1.54) is 4.68 Å². The Hall–Kier alpha value is -1.44. The number of nitrogens with zero attached hydrogens (tertiary/aromatic N) is 4. The van der Waals surface area contributed by atoms with Crippen molar-refractivity contribution in [3.63, 3.8) is 0 Å². The summed E-state index contributed by atoms with van der Waals surface area (Å²) >= 11 is 0. The number of fused-ring (bicyclic) bond motifs is 1. The second-order valence-corrected chi connectivity index (χ2v) is 5.99. The average Bonchev–Trinajstić information content (AvgIpc) is 2.54. The molecule has 8 heteroatoms. The first-order chi connectivity index (χ1) is 10.6. The lowest BCUT2D eigenvalue weighted by Crippen LogP contribution is -2.47. The van der Waals surface area contributed by atoms with Gasteiger partial charge in [0.05, 0.1) is 5.69 Å². The predicted molar refractivity (Wildman–Crippen MR) is 89.8 cm³/mol. The fourth-order valence-electron chi connectivity index (χ4n) is 3.07.